The topological polar surface area (TPSA) is 221 Å². The third-order valence-electron chi connectivity index (χ3n) is 6.32. The van der Waals surface area contributed by atoms with E-state index < -0.39 is 47.9 Å². The van der Waals surface area contributed by atoms with Gasteiger partial charge in [0, 0.05) is 41.8 Å². The Hall–Kier alpha value is -4.23. The van der Waals surface area contributed by atoms with E-state index in [2.05, 4.69) is 30.9 Å². The number of nitrogens with two attached hydrogens (primary N) is 2. The molecule has 0 radical (unpaired) electrons. The third-order valence-corrected chi connectivity index (χ3v) is 6.32. The summed E-state index contributed by atoms with van der Waals surface area (Å²) in [5.74, 6) is -3.01. The number of amides is 3. The van der Waals surface area contributed by atoms with Gasteiger partial charge in [-0.25, -0.2) is 9.78 Å². The Morgan fingerprint density at radius 1 is 0.949 bits per heavy atom. The highest BCUT2D eigenvalue weighted by Gasteiger charge is 2.30. The molecule has 13 heteroatoms. The molecule has 13 nitrogen and oxygen atoms in total. The molecule has 1 aromatic carbocycles. The number of para-hydroxylation sites is 1. The number of carboxylic acid groups (broad SMARTS) is 1. The number of carbonyl (C=O) groups is 4. The van der Waals surface area contributed by atoms with E-state index in [1.807, 2.05) is 24.3 Å². The zero-order valence-electron chi connectivity index (χ0n) is 21.8. The molecule has 0 aliphatic heterocycles. The van der Waals surface area contributed by atoms with Crippen molar-refractivity contribution >= 4 is 34.6 Å². The van der Waals surface area contributed by atoms with Gasteiger partial charge in [0.2, 0.25) is 17.7 Å². The molecule has 3 rings (SSSR count). The fourth-order valence-corrected chi connectivity index (χ4v) is 4.16. The van der Waals surface area contributed by atoms with Crippen LogP contribution in [0.1, 0.15) is 37.4 Å². The molecule has 0 fully saturated rings. The van der Waals surface area contributed by atoms with Crippen LogP contribution in [0.15, 0.2) is 43.0 Å². The average molecular weight is 541 g/mol. The Kier molecular flexibility index (Phi) is 10.6. The number of aromatic amines is 2. The lowest BCUT2D eigenvalue weighted by molar-refractivity contribution is -0.142. The minimum Gasteiger partial charge on any atom is -0.480 e. The highest BCUT2D eigenvalue weighted by Crippen LogP contribution is 2.19. The van der Waals surface area contributed by atoms with E-state index in [1.54, 1.807) is 6.20 Å². The summed E-state index contributed by atoms with van der Waals surface area (Å²) < 4.78 is 0. The first kappa shape index (κ1) is 29.3. The molecule has 0 saturated heterocycles. The van der Waals surface area contributed by atoms with Crippen molar-refractivity contribution in [2.45, 2.75) is 63.2 Å². The number of hydrogen-bond donors (Lipinski definition) is 8. The number of aromatic nitrogens is 3. The second-order valence-corrected chi connectivity index (χ2v) is 9.44. The fourth-order valence-electron chi connectivity index (χ4n) is 4.16. The van der Waals surface area contributed by atoms with E-state index in [9.17, 15) is 24.3 Å². The molecule has 39 heavy (non-hydrogen) atoms. The largest absolute Gasteiger partial charge is 0.480 e. The summed E-state index contributed by atoms with van der Waals surface area (Å²) in [5.41, 5.74) is 13.4. The number of nitrogens with one attached hydrogen (secondary N) is 5. The fraction of sp³-hybridized carbons (Fsp3) is 0.423. The Balaban J connectivity index is 1.75. The minimum atomic E-state index is -1.23. The van der Waals surface area contributed by atoms with Crippen LogP contribution in [0.4, 0.5) is 0 Å². The van der Waals surface area contributed by atoms with Crippen molar-refractivity contribution < 1.29 is 24.3 Å². The highest BCUT2D eigenvalue weighted by atomic mass is 16.4. The molecule has 3 aromatic rings. The Morgan fingerprint density at radius 3 is 2.31 bits per heavy atom. The van der Waals surface area contributed by atoms with Crippen LogP contribution in [0, 0.1) is 0 Å². The van der Waals surface area contributed by atoms with Gasteiger partial charge < -0.3 is 42.5 Å². The van der Waals surface area contributed by atoms with E-state index >= 15 is 0 Å². The smallest absolute Gasteiger partial charge is 0.326 e. The quantitative estimate of drug-likeness (QED) is 0.119. The van der Waals surface area contributed by atoms with E-state index in [1.165, 1.54) is 19.4 Å². The molecule has 2 aromatic heterocycles. The summed E-state index contributed by atoms with van der Waals surface area (Å²) in [6, 6.07) is 3.27. The summed E-state index contributed by atoms with van der Waals surface area (Å²) in [7, 11) is 0. The summed E-state index contributed by atoms with van der Waals surface area (Å²) in [6.07, 6.45) is 6.16. The molecule has 0 aliphatic rings. The number of carbonyl (C=O) groups excluding carboxylic acids is 3. The zero-order chi connectivity index (χ0) is 28.4. The van der Waals surface area contributed by atoms with Crippen LogP contribution < -0.4 is 27.4 Å². The summed E-state index contributed by atoms with van der Waals surface area (Å²) in [4.78, 5) is 60.8. The van der Waals surface area contributed by atoms with Gasteiger partial charge in [-0.15, -0.1) is 0 Å². The van der Waals surface area contributed by atoms with E-state index in [-0.39, 0.29) is 19.3 Å². The lowest BCUT2D eigenvalue weighted by Gasteiger charge is -2.25. The van der Waals surface area contributed by atoms with Gasteiger partial charge in [0.1, 0.15) is 18.1 Å². The number of aliphatic carboxylic acids is 1. The van der Waals surface area contributed by atoms with Crippen LogP contribution in [-0.2, 0) is 32.0 Å². The van der Waals surface area contributed by atoms with Crippen LogP contribution in [-0.4, -0.2) is 74.5 Å². The van der Waals surface area contributed by atoms with Crippen LogP contribution in [0.3, 0.4) is 0 Å². The van der Waals surface area contributed by atoms with Gasteiger partial charge in [0.15, 0.2) is 0 Å². The number of hydrogen-bond acceptors (Lipinski definition) is 7. The van der Waals surface area contributed by atoms with Crippen molar-refractivity contribution in [2.75, 3.05) is 6.54 Å². The van der Waals surface area contributed by atoms with Gasteiger partial charge in [-0.2, -0.15) is 0 Å². The number of H-pyrrole nitrogens is 2. The van der Waals surface area contributed by atoms with Crippen molar-refractivity contribution in [1.82, 2.24) is 30.9 Å². The predicted octanol–water partition coefficient (Wildman–Crippen LogP) is -0.309. The summed E-state index contributed by atoms with van der Waals surface area (Å²) >= 11 is 0. The van der Waals surface area contributed by atoms with Crippen molar-refractivity contribution in [2.24, 2.45) is 11.5 Å². The molecule has 0 aliphatic carbocycles. The summed E-state index contributed by atoms with van der Waals surface area (Å²) in [5, 5.41) is 18.6. The third kappa shape index (κ3) is 8.38. The Labute approximate surface area is 225 Å². The number of fused-ring (bicyclic) bond motifs is 1. The number of benzene rings is 1. The second kappa shape index (κ2) is 14.1. The van der Waals surface area contributed by atoms with E-state index in [0.717, 1.165) is 16.5 Å². The first-order chi connectivity index (χ1) is 18.7. The maximum Gasteiger partial charge on any atom is 0.326 e. The first-order valence-electron chi connectivity index (χ1n) is 12.8. The molecule has 4 atom stereocenters. The van der Waals surface area contributed by atoms with Gasteiger partial charge in [-0.05, 0) is 44.4 Å². The second-order valence-electron chi connectivity index (χ2n) is 9.44. The number of rotatable bonds is 15. The molecule has 2 heterocycles. The first-order valence-corrected chi connectivity index (χ1v) is 12.8. The molecule has 10 N–H and O–H groups in total. The van der Waals surface area contributed by atoms with Crippen LogP contribution in [0.25, 0.3) is 10.9 Å². The molecule has 3 amide bonds. The zero-order valence-corrected chi connectivity index (χ0v) is 21.8. The molecule has 0 saturated carbocycles. The Bertz CT molecular complexity index is 1260. The van der Waals surface area contributed by atoms with Crippen LogP contribution >= 0.6 is 0 Å². The average Bonchev–Trinajstić information content (AvgIpc) is 3.57. The minimum absolute atomic E-state index is 0.0431. The monoisotopic (exact) mass is 540 g/mol. The summed E-state index contributed by atoms with van der Waals surface area (Å²) in [6.45, 7) is 1.89. The number of nitrogens with zero attached hydrogens (tertiary/aromatic N) is 1. The SMILES string of the molecule is CC(N)C(=O)NC(Cc1cnc[nH]1)C(=O)NC(CCCCN)C(=O)NC(Cc1c[nH]c2ccccc12)C(=O)O. The van der Waals surface area contributed by atoms with Gasteiger partial charge in [-0.1, -0.05) is 18.2 Å². The van der Waals surface area contributed by atoms with Gasteiger partial charge in [0.25, 0.3) is 0 Å². The molecular formula is C26H36N8O5. The van der Waals surface area contributed by atoms with E-state index in [0.29, 0.717) is 25.1 Å². The normalized spacial score (nSPS) is 14.2. The van der Waals surface area contributed by atoms with Crippen molar-refractivity contribution in [1.29, 1.82) is 0 Å². The van der Waals surface area contributed by atoms with Gasteiger partial charge in [-0.3, -0.25) is 14.4 Å². The standard InChI is InChI=1S/C26H36N8O5/c1-15(28)23(35)33-21(11-17-13-29-14-31-17)25(37)32-20(8-4-5-9-27)24(36)34-22(26(38)39)10-16-12-30-19-7-3-2-6-18(16)19/h2-3,6-7,12-15,20-22,30H,4-5,8-11,27-28H2,1H3,(H,29,31)(H,32,37)(H,33,35)(H,34,36)(H,38,39). The molecule has 210 valence electrons. The molecule has 0 spiro atoms. The van der Waals surface area contributed by atoms with Gasteiger partial charge in [0.05, 0.1) is 12.4 Å². The van der Waals surface area contributed by atoms with Crippen LogP contribution in [0.5, 0.6) is 0 Å². The predicted molar refractivity (Wildman–Crippen MR) is 144 cm³/mol. The maximum atomic E-state index is 13.3. The Morgan fingerprint density at radius 2 is 1.64 bits per heavy atom. The lowest BCUT2D eigenvalue weighted by atomic mass is 10.0. The van der Waals surface area contributed by atoms with Crippen molar-refractivity contribution in [3.8, 4) is 0 Å². The van der Waals surface area contributed by atoms with Crippen LogP contribution in [0.2, 0.25) is 0 Å². The molecular weight excluding hydrogens is 504 g/mol. The van der Waals surface area contributed by atoms with E-state index in [4.69, 9.17) is 11.5 Å². The van der Waals surface area contributed by atoms with Gasteiger partial charge >= 0.3 is 5.97 Å². The lowest BCUT2D eigenvalue weighted by Crippen LogP contribution is -2.57. The highest BCUT2D eigenvalue weighted by molar-refractivity contribution is 5.94. The molecule has 4 unspecified atom stereocenters. The number of unbranched alkanes of at least 4 members (excludes halogenated alkanes) is 1. The van der Waals surface area contributed by atoms with Crippen molar-refractivity contribution in [3.05, 3.63) is 54.2 Å². The maximum absolute atomic E-state index is 13.3. The number of carboxylic acids is 1. The molecule has 0 bridgehead atoms. The number of imidazole rings is 1. The van der Waals surface area contributed by atoms with Crippen molar-refractivity contribution in [3.63, 3.8) is 0 Å².